The molecule has 0 aromatic heterocycles. The van der Waals surface area contributed by atoms with E-state index >= 15 is 0 Å². The minimum absolute atomic E-state index is 0.0119. The highest BCUT2D eigenvalue weighted by molar-refractivity contribution is 8.00. The first-order chi connectivity index (χ1) is 19.7. The van der Waals surface area contributed by atoms with Gasteiger partial charge < -0.3 is 0 Å². The third-order valence-corrected chi connectivity index (χ3v) is 8.89. The van der Waals surface area contributed by atoms with E-state index in [2.05, 4.69) is 9.69 Å². The van der Waals surface area contributed by atoms with Crippen molar-refractivity contribution in [3.8, 4) is 34.4 Å². The van der Waals surface area contributed by atoms with Gasteiger partial charge in [-0.1, -0.05) is 12.1 Å². The molecule has 208 valence electrons. The van der Waals surface area contributed by atoms with E-state index in [1.165, 1.54) is 0 Å². The molecule has 3 aromatic carbocycles. The summed E-state index contributed by atoms with van der Waals surface area (Å²) >= 11 is -0.988. The van der Waals surface area contributed by atoms with Gasteiger partial charge in [-0.3, -0.25) is 0 Å². The van der Waals surface area contributed by atoms with Gasteiger partial charge in [-0.05, 0) is 118 Å². The molecule has 0 bridgehead atoms. The molecule has 0 saturated carbocycles. The summed E-state index contributed by atoms with van der Waals surface area (Å²) in [5.41, 5.74) is -6.61. The van der Waals surface area contributed by atoms with Gasteiger partial charge in [-0.15, -0.1) is 0 Å². The van der Waals surface area contributed by atoms with E-state index in [0.717, 1.165) is 28.8 Å². The van der Waals surface area contributed by atoms with Crippen molar-refractivity contribution in [1.29, 1.82) is 10.5 Å². The lowest BCUT2D eigenvalue weighted by molar-refractivity contribution is -0.0338. The zero-order chi connectivity index (χ0) is 30.7. The van der Waals surface area contributed by atoms with Gasteiger partial charge in [-0.25, -0.2) is 20.2 Å². The first-order valence-corrected chi connectivity index (χ1v) is 13.7. The minimum Gasteiger partial charge on any atom is -0.226 e. The zero-order valence-electron chi connectivity index (χ0n) is 21.6. The molecule has 2 aliphatic rings. The van der Waals surface area contributed by atoms with E-state index in [0.29, 0.717) is 16.7 Å². The Labute approximate surface area is 244 Å². The van der Waals surface area contributed by atoms with Crippen LogP contribution in [0.4, 0.5) is 26.3 Å². The van der Waals surface area contributed by atoms with E-state index < -0.39 is 45.1 Å². The molecule has 0 N–H and O–H groups in total. The van der Waals surface area contributed by atoms with E-state index in [1.807, 2.05) is 38.1 Å². The maximum absolute atomic E-state index is 13.7. The summed E-state index contributed by atoms with van der Waals surface area (Å²) in [5, 5.41) is 20.1. The van der Waals surface area contributed by atoms with Crippen molar-refractivity contribution in [3.63, 3.8) is 0 Å². The number of rotatable bonds is 2. The number of benzene rings is 3. The lowest BCUT2D eigenvalue weighted by Gasteiger charge is -2.17. The molecule has 0 fully saturated rings. The minimum atomic E-state index is -4.80. The van der Waals surface area contributed by atoms with Gasteiger partial charge in [0.25, 0.3) is 11.4 Å². The van der Waals surface area contributed by atoms with Crippen LogP contribution < -0.4 is 10.4 Å². The average molecular weight is 609 g/mol. The Balaban J connectivity index is 2.10. The van der Waals surface area contributed by atoms with Crippen molar-refractivity contribution in [1.82, 2.24) is 0 Å². The molecule has 12 heteroatoms. The number of alkyl halides is 6. The van der Waals surface area contributed by atoms with Crippen molar-refractivity contribution in [2.24, 2.45) is 0 Å². The predicted octanol–water partition coefficient (Wildman–Crippen LogP) is 7.77. The highest BCUT2D eigenvalue weighted by Crippen LogP contribution is 2.52. The normalized spacial score (nSPS) is 14.4. The van der Waals surface area contributed by atoms with Crippen LogP contribution in [0, 0.1) is 49.7 Å². The molecule has 0 spiro atoms. The molecular formula is C30H14F6N4S2. The van der Waals surface area contributed by atoms with Gasteiger partial charge in [0.15, 0.2) is 0 Å². The van der Waals surface area contributed by atoms with Gasteiger partial charge >= 0.3 is 11.0 Å². The molecule has 0 aliphatic heterocycles. The molecular weight excluding hydrogens is 594 g/mol. The van der Waals surface area contributed by atoms with Crippen LogP contribution in [0.3, 0.4) is 0 Å². The van der Waals surface area contributed by atoms with Gasteiger partial charge in [-0.2, -0.15) is 26.3 Å². The van der Waals surface area contributed by atoms with Crippen LogP contribution in [0.5, 0.6) is 0 Å². The zero-order valence-corrected chi connectivity index (χ0v) is 23.2. The van der Waals surface area contributed by atoms with Crippen LogP contribution in [0.2, 0.25) is 0 Å². The standard InChI is InChI=1S/C30H14F6N4S2/c1-13-5-6-14(2)23-15(13)9-17-25(20(12-38)40-4)28-18(24(27(17)23)19(11-37)39-3)10-16-21(41-29(31,32)33)7-8-22(26(16)28)42-30(34,35)36/h5-8H,9-10H2,1-2H3/b24-19-,25-20+. The lowest BCUT2D eigenvalue weighted by atomic mass is 9.89. The highest BCUT2D eigenvalue weighted by atomic mass is 32.2. The van der Waals surface area contributed by atoms with Crippen LogP contribution in [0.25, 0.3) is 43.3 Å². The summed E-state index contributed by atoms with van der Waals surface area (Å²) < 4.78 is 82.0. The Kier molecular flexibility index (Phi) is 7.06. The average Bonchev–Trinajstić information content (AvgIpc) is 3.49. The summed E-state index contributed by atoms with van der Waals surface area (Å²) in [5.74, 6) is 0. The van der Waals surface area contributed by atoms with Crippen LogP contribution in [-0.4, -0.2) is 11.0 Å². The fourth-order valence-electron chi connectivity index (χ4n) is 5.84. The second-order valence-electron chi connectivity index (χ2n) is 9.52. The number of thioether (sulfide) groups is 2. The van der Waals surface area contributed by atoms with E-state index in [1.54, 1.807) is 0 Å². The van der Waals surface area contributed by atoms with Crippen LogP contribution in [0.15, 0.2) is 34.1 Å². The number of hydrogen-bond donors (Lipinski definition) is 0. The lowest BCUT2D eigenvalue weighted by Crippen LogP contribution is -2.26. The van der Waals surface area contributed by atoms with Gasteiger partial charge in [0, 0.05) is 20.2 Å². The Morgan fingerprint density at radius 3 is 1.62 bits per heavy atom. The number of nitriles is 2. The summed E-state index contributed by atoms with van der Waals surface area (Å²) in [7, 11) is 0. The Morgan fingerprint density at radius 1 is 0.667 bits per heavy atom. The molecule has 5 rings (SSSR count). The Morgan fingerprint density at radius 2 is 1.12 bits per heavy atom. The maximum atomic E-state index is 13.7. The number of nitrogens with zero attached hydrogens (tertiary/aromatic N) is 4. The third kappa shape index (κ3) is 4.68. The maximum Gasteiger partial charge on any atom is 0.446 e. The van der Waals surface area contributed by atoms with Crippen molar-refractivity contribution < 1.29 is 26.3 Å². The van der Waals surface area contributed by atoms with Gasteiger partial charge in [0.05, 0.1) is 25.3 Å². The number of aryl methyl sites for hydroxylation is 2. The molecule has 2 aliphatic carbocycles. The Hall–Kier alpha value is -4.36. The molecule has 4 nitrogen and oxygen atoms in total. The second-order valence-corrected chi connectivity index (χ2v) is 11.7. The topological polar surface area (TPSA) is 56.3 Å². The molecule has 0 atom stereocenters. The molecule has 0 saturated heterocycles. The monoisotopic (exact) mass is 608 g/mol. The van der Waals surface area contributed by atoms with Crippen LogP contribution in [0.1, 0.15) is 33.4 Å². The van der Waals surface area contributed by atoms with E-state index in [9.17, 15) is 36.9 Å². The van der Waals surface area contributed by atoms with Crippen LogP contribution in [-0.2, 0) is 12.8 Å². The molecule has 3 aromatic rings. The molecule has 0 radical (unpaired) electrons. The highest BCUT2D eigenvalue weighted by Gasteiger charge is 2.39. The summed E-state index contributed by atoms with van der Waals surface area (Å²) in [6, 6.07) is 9.31. The van der Waals surface area contributed by atoms with E-state index in [-0.39, 0.29) is 56.1 Å². The summed E-state index contributed by atoms with van der Waals surface area (Å²) in [6.45, 7) is 19.1. The second kappa shape index (κ2) is 10.2. The first-order valence-electron chi connectivity index (χ1n) is 12.0. The fraction of sp³-hybridized carbons (Fsp3) is 0.200. The fourth-order valence-corrected chi connectivity index (χ4v) is 7.24. The SMILES string of the molecule is [C-]#[N+]/C(C#N)=c1/c2c(/c(=C(\C#N)[N+]#[C-])c3c1-c1c(C)ccc(C)c1C3)-c1c(SC(F)(F)F)ccc(SC(F)(F)F)c1C2. The number of hydrogen-bond acceptors (Lipinski definition) is 4. The smallest absolute Gasteiger partial charge is 0.226 e. The largest absolute Gasteiger partial charge is 0.446 e. The first kappa shape index (κ1) is 29.1. The predicted molar refractivity (Wildman–Crippen MR) is 147 cm³/mol. The summed E-state index contributed by atoms with van der Waals surface area (Å²) in [6.07, 6.45) is -0.179. The van der Waals surface area contributed by atoms with Crippen molar-refractivity contribution in [3.05, 3.63) is 90.9 Å². The van der Waals surface area contributed by atoms with Crippen molar-refractivity contribution in [2.75, 3.05) is 0 Å². The molecule has 0 unspecified atom stereocenters. The van der Waals surface area contributed by atoms with Gasteiger partial charge in [0.2, 0.25) is 0 Å². The number of fused-ring (bicyclic) bond motifs is 6. The van der Waals surface area contributed by atoms with E-state index in [4.69, 9.17) is 13.1 Å². The quantitative estimate of drug-likeness (QED) is 0.117. The van der Waals surface area contributed by atoms with Crippen LogP contribution >= 0.6 is 23.5 Å². The summed E-state index contributed by atoms with van der Waals surface area (Å²) in [4.78, 5) is 6.03. The van der Waals surface area contributed by atoms with Crippen molar-refractivity contribution in [2.45, 2.75) is 47.5 Å². The third-order valence-electron chi connectivity index (χ3n) is 7.26. The van der Waals surface area contributed by atoms with Crippen molar-refractivity contribution >= 4 is 34.9 Å². The van der Waals surface area contributed by atoms with Gasteiger partial charge in [0.1, 0.15) is 0 Å². The molecule has 0 heterocycles. The molecule has 42 heavy (non-hydrogen) atoms. The Bertz CT molecular complexity index is 2000. The molecule has 0 amide bonds. The number of halogens is 6.